The average Bonchev–Trinajstić information content (AvgIpc) is 3.34. The van der Waals surface area contributed by atoms with Crippen LogP contribution < -0.4 is 21.7 Å². The van der Waals surface area contributed by atoms with E-state index in [1.807, 2.05) is 13.0 Å². The van der Waals surface area contributed by atoms with Gasteiger partial charge in [0.05, 0.1) is 23.5 Å². The van der Waals surface area contributed by atoms with Gasteiger partial charge in [0.1, 0.15) is 21.3 Å². The number of carbonyl (C=O) groups is 1. The standard InChI is InChI=1S/C24H29FN6O2S/c1-3-33-19-11-31(10-17(19)26)20-7-4-13-8-14(5-6-18(13)30-20)29-23(32)22-21(27)15-9-16(25)12(2)28-24(15)34-22/h4,7,9,14,17,19H,3,5-6,8,10-11,26-27H2,1-2H3,(H,29,32). The number of ether oxygens (including phenoxy) is 1. The lowest BCUT2D eigenvalue weighted by Gasteiger charge is -2.26. The van der Waals surface area contributed by atoms with Gasteiger partial charge in [-0.3, -0.25) is 4.79 Å². The molecule has 3 aromatic heterocycles. The van der Waals surface area contributed by atoms with E-state index in [4.69, 9.17) is 21.2 Å². The molecule has 5 rings (SSSR count). The Morgan fingerprint density at radius 2 is 2.18 bits per heavy atom. The number of hydrogen-bond acceptors (Lipinski definition) is 8. The Morgan fingerprint density at radius 3 is 2.97 bits per heavy atom. The summed E-state index contributed by atoms with van der Waals surface area (Å²) in [5.74, 6) is 0.251. The van der Waals surface area contributed by atoms with Crippen molar-refractivity contribution in [2.75, 3.05) is 30.3 Å². The van der Waals surface area contributed by atoms with Gasteiger partial charge in [-0.15, -0.1) is 11.3 Å². The highest BCUT2D eigenvalue weighted by Gasteiger charge is 2.32. The topological polar surface area (TPSA) is 119 Å². The molecule has 0 saturated carbocycles. The van der Waals surface area contributed by atoms with Crippen LogP contribution in [0.2, 0.25) is 0 Å². The lowest BCUT2D eigenvalue weighted by molar-refractivity contribution is 0.0680. The number of anilines is 2. The Bertz CT molecular complexity index is 1250. The third kappa shape index (κ3) is 4.21. The molecule has 180 valence electrons. The molecule has 1 amide bonds. The molecule has 0 radical (unpaired) electrons. The van der Waals surface area contributed by atoms with Crippen molar-refractivity contribution in [1.82, 2.24) is 15.3 Å². The first kappa shape index (κ1) is 22.9. The minimum absolute atomic E-state index is 0.0191. The minimum Gasteiger partial charge on any atom is -0.397 e. The van der Waals surface area contributed by atoms with Gasteiger partial charge < -0.3 is 26.4 Å². The average molecular weight is 485 g/mol. The second-order valence-corrected chi connectivity index (χ2v) is 10.0. The SMILES string of the molecule is CCOC1CN(c2ccc3c(n2)CCC(NC(=O)c2sc4nc(C)c(F)cc4c2N)C3)CC1N. The fourth-order valence-corrected chi connectivity index (χ4v) is 5.82. The number of nitrogens with one attached hydrogen (secondary N) is 1. The van der Waals surface area contributed by atoms with Crippen molar-refractivity contribution >= 4 is 39.0 Å². The maximum Gasteiger partial charge on any atom is 0.263 e. The van der Waals surface area contributed by atoms with E-state index in [1.54, 1.807) is 6.92 Å². The second-order valence-electron chi connectivity index (χ2n) is 9.00. The van der Waals surface area contributed by atoms with Crippen LogP contribution in [0.4, 0.5) is 15.9 Å². The van der Waals surface area contributed by atoms with E-state index in [9.17, 15) is 9.18 Å². The largest absolute Gasteiger partial charge is 0.397 e. The number of fused-ring (bicyclic) bond motifs is 2. The molecule has 8 nitrogen and oxygen atoms in total. The molecule has 1 fully saturated rings. The van der Waals surface area contributed by atoms with Gasteiger partial charge in [0.25, 0.3) is 5.91 Å². The number of rotatable bonds is 5. The van der Waals surface area contributed by atoms with Gasteiger partial charge in [0, 0.05) is 36.8 Å². The molecule has 34 heavy (non-hydrogen) atoms. The molecule has 2 aliphatic rings. The molecule has 1 saturated heterocycles. The zero-order valence-corrected chi connectivity index (χ0v) is 20.1. The molecule has 0 aromatic carbocycles. The van der Waals surface area contributed by atoms with Crippen LogP contribution in [0.3, 0.4) is 0 Å². The number of thiophene rings is 1. The van der Waals surface area contributed by atoms with Gasteiger partial charge in [-0.05, 0) is 50.8 Å². The van der Waals surface area contributed by atoms with Crippen LogP contribution in [0.1, 0.15) is 40.0 Å². The molecule has 0 spiro atoms. The third-order valence-electron chi connectivity index (χ3n) is 6.65. The fourth-order valence-electron chi connectivity index (χ4n) is 4.80. The van der Waals surface area contributed by atoms with Crippen LogP contribution in [-0.2, 0) is 17.6 Å². The molecule has 1 aliphatic heterocycles. The first-order valence-electron chi connectivity index (χ1n) is 11.6. The lowest BCUT2D eigenvalue weighted by Crippen LogP contribution is -2.39. The van der Waals surface area contributed by atoms with Crippen molar-refractivity contribution in [2.45, 2.75) is 51.3 Å². The number of hydrogen-bond donors (Lipinski definition) is 3. The normalized spacial score (nSPS) is 22.2. The third-order valence-corrected chi connectivity index (χ3v) is 7.77. The van der Waals surface area contributed by atoms with Crippen molar-refractivity contribution in [2.24, 2.45) is 5.73 Å². The highest BCUT2D eigenvalue weighted by molar-refractivity contribution is 7.21. The molecule has 1 aliphatic carbocycles. The van der Waals surface area contributed by atoms with Crippen LogP contribution in [-0.4, -0.2) is 53.8 Å². The van der Waals surface area contributed by atoms with Crippen LogP contribution in [0.25, 0.3) is 10.2 Å². The minimum atomic E-state index is -0.427. The molecule has 10 heteroatoms. The molecule has 5 N–H and O–H groups in total. The van der Waals surface area contributed by atoms with Crippen molar-refractivity contribution in [3.8, 4) is 0 Å². The number of amides is 1. The fraction of sp³-hybridized carbons (Fsp3) is 0.458. The highest BCUT2D eigenvalue weighted by Crippen LogP contribution is 2.34. The predicted molar refractivity (Wildman–Crippen MR) is 132 cm³/mol. The summed E-state index contributed by atoms with van der Waals surface area (Å²) in [6, 6.07) is 5.43. The van der Waals surface area contributed by atoms with Crippen molar-refractivity contribution < 1.29 is 13.9 Å². The zero-order valence-electron chi connectivity index (χ0n) is 19.3. The van der Waals surface area contributed by atoms with Crippen molar-refractivity contribution in [1.29, 1.82) is 0 Å². The maximum absolute atomic E-state index is 13.9. The van der Waals surface area contributed by atoms with Gasteiger partial charge in [-0.25, -0.2) is 14.4 Å². The van der Waals surface area contributed by atoms with Crippen LogP contribution in [0.15, 0.2) is 18.2 Å². The van der Waals surface area contributed by atoms with E-state index in [2.05, 4.69) is 21.3 Å². The van der Waals surface area contributed by atoms with E-state index < -0.39 is 5.82 Å². The first-order valence-corrected chi connectivity index (χ1v) is 12.4. The van der Waals surface area contributed by atoms with Crippen molar-refractivity contribution in [3.63, 3.8) is 0 Å². The Kier molecular flexibility index (Phi) is 6.13. The summed E-state index contributed by atoms with van der Waals surface area (Å²) in [7, 11) is 0. The summed E-state index contributed by atoms with van der Waals surface area (Å²) in [6.45, 7) is 5.70. The summed E-state index contributed by atoms with van der Waals surface area (Å²) < 4.78 is 19.7. The molecule has 3 atom stereocenters. The monoisotopic (exact) mass is 484 g/mol. The van der Waals surface area contributed by atoms with E-state index in [0.29, 0.717) is 33.8 Å². The number of aryl methyl sites for hydroxylation is 2. The Hall–Kier alpha value is -2.82. The summed E-state index contributed by atoms with van der Waals surface area (Å²) in [6.07, 6.45) is 2.29. The number of nitrogen functional groups attached to an aromatic ring is 1. The highest BCUT2D eigenvalue weighted by atomic mass is 32.1. The number of nitrogens with two attached hydrogens (primary N) is 2. The molecule has 0 bridgehead atoms. The predicted octanol–water partition coefficient (Wildman–Crippen LogP) is 2.56. The Labute approximate surface area is 201 Å². The van der Waals surface area contributed by atoms with Crippen LogP contribution >= 0.6 is 11.3 Å². The number of pyridine rings is 2. The zero-order chi connectivity index (χ0) is 24.0. The van der Waals surface area contributed by atoms with Crippen molar-refractivity contribution in [3.05, 3.63) is 45.8 Å². The number of nitrogens with zero attached hydrogens (tertiary/aromatic N) is 3. The smallest absolute Gasteiger partial charge is 0.263 e. The Balaban J connectivity index is 1.27. The van der Waals surface area contributed by atoms with Gasteiger partial charge in [-0.1, -0.05) is 6.07 Å². The molecule has 3 unspecified atom stereocenters. The molecule has 3 aromatic rings. The number of carbonyl (C=O) groups excluding carboxylic acids is 1. The number of aromatic nitrogens is 2. The molecular weight excluding hydrogens is 455 g/mol. The maximum atomic E-state index is 13.9. The van der Waals surface area contributed by atoms with Gasteiger partial charge in [0.15, 0.2) is 0 Å². The Morgan fingerprint density at radius 1 is 1.35 bits per heavy atom. The molecule has 4 heterocycles. The summed E-state index contributed by atoms with van der Waals surface area (Å²) in [5, 5.41) is 3.58. The first-order chi connectivity index (χ1) is 16.3. The van der Waals surface area contributed by atoms with Gasteiger partial charge in [0.2, 0.25) is 0 Å². The lowest BCUT2D eigenvalue weighted by atomic mass is 9.91. The second kappa shape index (κ2) is 9.09. The summed E-state index contributed by atoms with van der Waals surface area (Å²) in [4.78, 5) is 25.2. The quantitative estimate of drug-likeness (QED) is 0.509. The van der Waals surface area contributed by atoms with Crippen LogP contribution in [0.5, 0.6) is 0 Å². The summed E-state index contributed by atoms with van der Waals surface area (Å²) >= 11 is 1.20. The molecular formula is C24H29FN6O2S. The van der Waals surface area contributed by atoms with E-state index in [0.717, 1.165) is 43.0 Å². The summed E-state index contributed by atoms with van der Waals surface area (Å²) in [5.41, 5.74) is 15.2. The van der Waals surface area contributed by atoms with E-state index >= 15 is 0 Å². The van der Waals surface area contributed by atoms with Gasteiger partial charge >= 0.3 is 0 Å². The number of halogens is 1. The van der Waals surface area contributed by atoms with E-state index in [1.165, 1.54) is 17.4 Å². The van der Waals surface area contributed by atoms with Gasteiger partial charge in [-0.2, -0.15) is 0 Å². The van der Waals surface area contributed by atoms with Crippen LogP contribution in [0, 0.1) is 12.7 Å². The van der Waals surface area contributed by atoms with E-state index in [-0.39, 0.29) is 29.8 Å².